The van der Waals surface area contributed by atoms with Gasteiger partial charge in [0.2, 0.25) is 0 Å². The SMILES string of the molecule is CCCc1nc(C2(OC)CCC(C)(C)CC2)nc(Cl)c1Br. The van der Waals surface area contributed by atoms with E-state index in [0.717, 1.165) is 54.5 Å². The van der Waals surface area contributed by atoms with Gasteiger partial charge in [-0.2, -0.15) is 0 Å². The molecule has 21 heavy (non-hydrogen) atoms. The van der Waals surface area contributed by atoms with E-state index in [4.69, 9.17) is 21.3 Å². The van der Waals surface area contributed by atoms with Gasteiger partial charge in [0.1, 0.15) is 10.8 Å². The number of ether oxygens (including phenoxy) is 1. The summed E-state index contributed by atoms with van der Waals surface area (Å²) in [5, 5.41) is 0.490. The molecule has 1 aliphatic rings. The second kappa shape index (κ2) is 6.51. The molecule has 0 amide bonds. The molecule has 0 aromatic carbocycles. The van der Waals surface area contributed by atoms with E-state index in [1.807, 2.05) is 0 Å². The summed E-state index contributed by atoms with van der Waals surface area (Å²) < 4.78 is 6.70. The van der Waals surface area contributed by atoms with Gasteiger partial charge in [0, 0.05) is 7.11 Å². The summed E-state index contributed by atoms with van der Waals surface area (Å²) in [6.45, 7) is 6.76. The molecular weight excluding hydrogens is 352 g/mol. The van der Waals surface area contributed by atoms with Crippen molar-refractivity contribution in [2.75, 3.05) is 7.11 Å². The third-order valence-corrected chi connectivity index (χ3v) is 5.91. The maximum absolute atomic E-state index is 6.30. The number of aryl methyl sites for hydroxylation is 1. The minimum Gasteiger partial charge on any atom is -0.370 e. The zero-order valence-electron chi connectivity index (χ0n) is 13.3. The van der Waals surface area contributed by atoms with Gasteiger partial charge in [-0.25, -0.2) is 9.97 Å². The van der Waals surface area contributed by atoms with Gasteiger partial charge in [-0.05, 0) is 53.4 Å². The minimum atomic E-state index is -0.387. The van der Waals surface area contributed by atoms with Gasteiger partial charge in [-0.3, -0.25) is 0 Å². The first kappa shape index (κ1) is 17.2. The summed E-state index contributed by atoms with van der Waals surface area (Å²) in [4.78, 5) is 9.28. The minimum absolute atomic E-state index is 0.368. The molecule has 0 radical (unpaired) electrons. The highest BCUT2D eigenvalue weighted by Crippen LogP contribution is 2.46. The van der Waals surface area contributed by atoms with Gasteiger partial charge in [0.25, 0.3) is 0 Å². The van der Waals surface area contributed by atoms with Crippen molar-refractivity contribution in [3.63, 3.8) is 0 Å². The zero-order chi connectivity index (χ0) is 15.7. The van der Waals surface area contributed by atoms with E-state index in [1.165, 1.54) is 0 Å². The van der Waals surface area contributed by atoms with Crippen molar-refractivity contribution in [3.05, 3.63) is 21.1 Å². The highest BCUT2D eigenvalue weighted by Gasteiger charge is 2.42. The van der Waals surface area contributed by atoms with Gasteiger partial charge in [0.05, 0.1) is 10.2 Å². The Morgan fingerprint density at radius 1 is 1.19 bits per heavy atom. The zero-order valence-corrected chi connectivity index (χ0v) is 15.6. The number of halogens is 2. The lowest BCUT2D eigenvalue weighted by Crippen LogP contribution is -2.38. The standard InChI is InChI=1S/C16H24BrClN2O/c1-5-6-11-12(17)13(18)20-14(19-11)16(21-4)9-7-15(2,3)8-10-16/h5-10H2,1-4H3. The fraction of sp³-hybridized carbons (Fsp3) is 0.750. The van der Waals surface area contributed by atoms with Crippen molar-refractivity contribution in [1.82, 2.24) is 9.97 Å². The molecule has 1 heterocycles. The van der Waals surface area contributed by atoms with E-state index in [1.54, 1.807) is 7.11 Å². The molecule has 0 bridgehead atoms. The molecule has 1 aliphatic carbocycles. The van der Waals surface area contributed by atoms with Crippen molar-refractivity contribution < 1.29 is 4.74 Å². The Morgan fingerprint density at radius 2 is 1.81 bits per heavy atom. The van der Waals surface area contributed by atoms with Crippen LogP contribution < -0.4 is 0 Å². The van der Waals surface area contributed by atoms with Crippen molar-refractivity contribution in [2.24, 2.45) is 5.41 Å². The first-order chi connectivity index (χ1) is 9.83. The van der Waals surface area contributed by atoms with Crippen LogP contribution >= 0.6 is 27.5 Å². The smallest absolute Gasteiger partial charge is 0.162 e. The monoisotopic (exact) mass is 374 g/mol. The Labute approximate surface area is 141 Å². The topological polar surface area (TPSA) is 35.0 Å². The van der Waals surface area contributed by atoms with Crippen molar-refractivity contribution in [3.8, 4) is 0 Å². The summed E-state index contributed by atoms with van der Waals surface area (Å²) >= 11 is 9.79. The molecule has 3 nitrogen and oxygen atoms in total. The molecule has 0 aliphatic heterocycles. The summed E-state index contributed by atoms with van der Waals surface area (Å²) in [5.41, 5.74) is 0.962. The van der Waals surface area contributed by atoms with E-state index in [-0.39, 0.29) is 5.60 Å². The van der Waals surface area contributed by atoms with Crippen molar-refractivity contribution in [2.45, 2.75) is 64.9 Å². The normalized spacial score (nSPS) is 20.5. The highest BCUT2D eigenvalue weighted by molar-refractivity contribution is 9.10. The molecule has 2 rings (SSSR count). The van der Waals surface area contributed by atoms with E-state index < -0.39 is 0 Å². The number of hydrogen-bond acceptors (Lipinski definition) is 3. The van der Waals surface area contributed by atoms with Crippen LogP contribution in [0.2, 0.25) is 5.15 Å². The van der Waals surface area contributed by atoms with Gasteiger partial charge in [-0.1, -0.05) is 38.8 Å². The molecule has 118 valence electrons. The van der Waals surface area contributed by atoms with E-state index in [9.17, 15) is 0 Å². The first-order valence-electron chi connectivity index (χ1n) is 7.61. The third-order valence-electron chi connectivity index (χ3n) is 4.58. The van der Waals surface area contributed by atoms with E-state index >= 15 is 0 Å². The number of methoxy groups -OCH3 is 1. The molecule has 1 aromatic rings. The van der Waals surface area contributed by atoms with Crippen molar-refractivity contribution in [1.29, 1.82) is 0 Å². The average molecular weight is 376 g/mol. The number of nitrogens with zero attached hydrogens (tertiary/aromatic N) is 2. The summed E-state index contributed by atoms with van der Waals surface area (Å²) in [6.07, 6.45) is 6.03. The lowest BCUT2D eigenvalue weighted by atomic mass is 9.70. The fourth-order valence-electron chi connectivity index (χ4n) is 2.92. The predicted octanol–water partition coefficient (Wildman–Crippen LogP) is 5.29. The predicted molar refractivity (Wildman–Crippen MR) is 89.7 cm³/mol. The molecule has 0 saturated heterocycles. The molecule has 5 heteroatoms. The molecular formula is C16H24BrClN2O. The van der Waals surface area contributed by atoms with Crippen LogP contribution in [0.3, 0.4) is 0 Å². The molecule has 1 fully saturated rings. The van der Waals surface area contributed by atoms with Crippen LogP contribution in [0.1, 0.15) is 64.4 Å². The Bertz CT molecular complexity index is 509. The summed E-state index contributed by atoms with van der Waals surface area (Å²) in [6, 6.07) is 0. The third kappa shape index (κ3) is 3.59. The van der Waals surface area contributed by atoms with Gasteiger partial charge in [-0.15, -0.1) is 0 Å². The van der Waals surface area contributed by atoms with Gasteiger partial charge >= 0.3 is 0 Å². The van der Waals surface area contributed by atoms with E-state index in [0.29, 0.717) is 10.6 Å². The Morgan fingerprint density at radius 3 is 2.33 bits per heavy atom. The Kier molecular flexibility index (Phi) is 5.32. The summed E-state index contributed by atoms with van der Waals surface area (Å²) in [5.74, 6) is 0.747. The molecule has 1 aromatic heterocycles. The van der Waals surface area contributed by atoms with Crippen LogP contribution in [-0.2, 0) is 16.8 Å². The second-order valence-corrected chi connectivity index (χ2v) is 7.86. The van der Waals surface area contributed by atoms with Gasteiger partial charge < -0.3 is 4.74 Å². The number of aromatic nitrogens is 2. The lowest BCUT2D eigenvalue weighted by molar-refractivity contribution is -0.0730. The molecule has 0 atom stereocenters. The fourth-order valence-corrected chi connectivity index (χ4v) is 3.48. The molecule has 0 spiro atoms. The second-order valence-electron chi connectivity index (χ2n) is 6.71. The van der Waals surface area contributed by atoms with Crippen LogP contribution in [0.25, 0.3) is 0 Å². The van der Waals surface area contributed by atoms with Crippen LogP contribution in [-0.4, -0.2) is 17.1 Å². The maximum Gasteiger partial charge on any atom is 0.162 e. The summed E-state index contributed by atoms with van der Waals surface area (Å²) in [7, 11) is 1.76. The van der Waals surface area contributed by atoms with Crippen molar-refractivity contribution >= 4 is 27.5 Å². The van der Waals surface area contributed by atoms with Crippen LogP contribution in [0.5, 0.6) is 0 Å². The molecule has 0 unspecified atom stereocenters. The van der Waals surface area contributed by atoms with Crippen LogP contribution in [0.4, 0.5) is 0 Å². The molecule has 1 saturated carbocycles. The highest BCUT2D eigenvalue weighted by atomic mass is 79.9. The number of hydrogen-bond donors (Lipinski definition) is 0. The largest absolute Gasteiger partial charge is 0.370 e. The quantitative estimate of drug-likeness (QED) is 0.671. The Hall–Kier alpha value is -0.190. The van der Waals surface area contributed by atoms with Gasteiger partial charge in [0.15, 0.2) is 5.82 Å². The van der Waals surface area contributed by atoms with Crippen LogP contribution in [0.15, 0.2) is 4.47 Å². The maximum atomic E-state index is 6.30. The first-order valence-corrected chi connectivity index (χ1v) is 8.78. The lowest BCUT2D eigenvalue weighted by Gasteiger charge is -2.41. The Balaban J connectivity index is 2.39. The van der Waals surface area contributed by atoms with Crippen LogP contribution in [0, 0.1) is 5.41 Å². The molecule has 0 N–H and O–H groups in total. The average Bonchev–Trinajstić information content (AvgIpc) is 2.44. The van der Waals surface area contributed by atoms with E-state index in [2.05, 4.69) is 41.7 Å². The number of rotatable bonds is 4.